The van der Waals surface area contributed by atoms with Gasteiger partial charge in [-0.3, -0.25) is 9.78 Å². The zero-order valence-corrected chi connectivity index (χ0v) is 9.60. The smallest absolute Gasteiger partial charge is 0.312 e. The summed E-state index contributed by atoms with van der Waals surface area (Å²) in [5.41, 5.74) is 3.94. The average molecular weight is 227 g/mol. The number of benzene rings is 1. The molecule has 1 aliphatic carbocycles. The first-order valence-corrected chi connectivity index (χ1v) is 5.78. The van der Waals surface area contributed by atoms with Crippen LogP contribution >= 0.6 is 0 Å². The Bertz CT molecular complexity index is 619. The van der Waals surface area contributed by atoms with E-state index in [9.17, 15) is 4.79 Å². The number of hydrogen-bond donors (Lipinski definition) is 1. The fourth-order valence-electron chi connectivity index (χ4n) is 2.53. The number of nitrogens with zero attached hydrogens (tertiary/aromatic N) is 1. The molecule has 1 aromatic heterocycles. The molecular formula is C14H13NO2. The molecule has 1 aromatic carbocycles. The molecule has 0 spiro atoms. The number of hydrogen-bond acceptors (Lipinski definition) is 2. The third-order valence-corrected chi connectivity index (χ3v) is 3.41. The second kappa shape index (κ2) is 3.55. The predicted octanol–water partition coefficient (Wildman–Crippen LogP) is 2.66. The van der Waals surface area contributed by atoms with Gasteiger partial charge in [-0.15, -0.1) is 0 Å². The van der Waals surface area contributed by atoms with Gasteiger partial charge in [-0.2, -0.15) is 0 Å². The molecule has 86 valence electrons. The molecule has 0 saturated heterocycles. The highest BCUT2D eigenvalue weighted by atomic mass is 16.4. The predicted molar refractivity (Wildman–Crippen MR) is 65.2 cm³/mol. The minimum absolute atomic E-state index is 0.421. The summed E-state index contributed by atoms with van der Waals surface area (Å²) in [6, 6.07) is 8.15. The molecule has 0 fully saturated rings. The highest BCUT2D eigenvalue weighted by Crippen LogP contribution is 2.33. The van der Waals surface area contributed by atoms with Crippen LogP contribution in [0.3, 0.4) is 0 Å². The summed E-state index contributed by atoms with van der Waals surface area (Å²) in [5.74, 6) is -1.18. The third kappa shape index (κ3) is 1.58. The first kappa shape index (κ1) is 10.3. The highest BCUT2D eigenvalue weighted by molar-refractivity contribution is 5.83. The minimum Gasteiger partial charge on any atom is -0.481 e. The van der Waals surface area contributed by atoms with Crippen LogP contribution in [0.5, 0.6) is 0 Å². The normalized spacial score (nSPS) is 18.3. The van der Waals surface area contributed by atoms with Crippen LogP contribution in [-0.2, 0) is 11.2 Å². The second-order valence-electron chi connectivity index (χ2n) is 4.66. The zero-order valence-electron chi connectivity index (χ0n) is 9.60. The van der Waals surface area contributed by atoms with Crippen LogP contribution in [0.15, 0.2) is 24.3 Å². The number of aromatic nitrogens is 1. The van der Waals surface area contributed by atoms with Gasteiger partial charge in [-0.1, -0.05) is 11.6 Å². The van der Waals surface area contributed by atoms with Gasteiger partial charge in [0.05, 0.1) is 17.1 Å². The molecule has 1 aliphatic rings. The molecule has 3 rings (SSSR count). The van der Waals surface area contributed by atoms with E-state index in [0.29, 0.717) is 6.42 Å². The topological polar surface area (TPSA) is 50.2 Å². The van der Waals surface area contributed by atoms with Crippen molar-refractivity contribution in [2.75, 3.05) is 0 Å². The van der Waals surface area contributed by atoms with E-state index in [-0.39, 0.29) is 0 Å². The first-order chi connectivity index (χ1) is 8.15. The van der Waals surface area contributed by atoms with E-state index in [1.54, 1.807) is 0 Å². The molecule has 0 amide bonds. The Kier molecular flexibility index (Phi) is 2.15. The van der Waals surface area contributed by atoms with Gasteiger partial charge in [0.25, 0.3) is 0 Å². The van der Waals surface area contributed by atoms with Crippen LogP contribution in [0.1, 0.15) is 29.2 Å². The Labute approximate surface area is 99.1 Å². The Morgan fingerprint density at radius 2 is 2.24 bits per heavy atom. The summed E-state index contributed by atoms with van der Waals surface area (Å²) < 4.78 is 0. The number of carboxylic acid groups (broad SMARTS) is 1. The quantitative estimate of drug-likeness (QED) is 0.814. The molecular weight excluding hydrogens is 214 g/mol. The third-order valence-electron chi connectivity index (χ3n) is 3.41. The van der Waals surface area contributed by atoms with E-state index in [2.05, 4.69) is 17.1 Å². The maximum absolute atomic E-state index is 11.1. The SMILES string of the molecule is Cc1ccc2nc3c(cc2c1)CCC3C(=O)O. The lowest BCUT2D eigenvalue weighted by atomic mass is 10.1. The van der Waals surface area contributed by atoms with Crippen molar-refractivity contribution < 1.29 is 9.90 Å². The molecule has 0 radical (unpaired) electrons. The van der Waals surface area contributed by atoms with E-state index < -0.39 is 11.9 Å². The highest BCUT2D eigenvalue weighted by Gasteiger charge is 2.30. The number of pyridine rings is 1. The summed E-state index contributed by atoms with van der Waals surface area (Å²) >= 11 is 0. The molecule has 0 aliphatic heterocycles. The van der Waals surface area contributed by atoms with Crippen LogP contribution in [0, 0.1) is 6.92 Å². The van der Waals surface area contributed by atoms with Crippen molar-refractivity contribution in [2.45, 2.75) is 25.7 Å². The van der Waals surface area contributed by atoms with E-state index in [1.807, 2.05) is 19.1 Å². The number of aryl methyl sites for hydroxylation is 2. The van der Waals surface area contributed by atoms with Crippen molar-refractivity contribution in [1.82, 2.24) is 4.98 Å². The molecule has 1 N–H and O–H groups in total. The first-order valence-electron chi connectivity index (χ1n) is 5.78. The van der Waals surface area contributed by atoms with Gasteiger partial charge >= 0.3 is 5.97 Å². The van der Waals surface area contributed by atoms with Gasteiger partial charge in [-0.05, 0) is 43.5 Å². The lowest BCUT2D eigenvalue weighted by molar-refractivity contribution is -0.138. The number of rotatable bonds is 1. The number of fused-ring (bicyclic) bond motifs is 2. The van der Waals surface area contributed by atoms with E-state index in [4.69, 9.17) is 5.11 Å². The molecule has 0 saturated carbocycles. The van der Waals surface area contributed by atoms with Crippen molar-refractivity contribution in [3.8, 4) is 0 Å². The summed E-state index contributed by atoms with van der Waals surface area (Å²) in [4.78, 5) is 15.6. The number of carbonyl (C=O) groups is 1. The molecule has 1 unspecified atom stereocenters. The van der Waals surface area contributed by atoms with Crippen molar-refractivity contribution in [3.63, 3.8) is 0 Å². The standard InChI is InChI=1S/C14H13NO2/c1-8-2-5-12-10(6-8)7-9-3-4-11(14(16)17)13(9)15-12/h2,5-7,11H,3-4H2,1H3,(H,16,17). The van der Waals surface area contributed by atoms with Gasteiger partial charge in [0.2, 0.25) is 0 Å². The van der Waals surface area contributed by atoms with Crippen LogP contribution in [0.4, 0.5) is 0 Å². The van der Waals surface area contributed by atoms with Gasteiger partial charge in [0, 0.05) is 5.39 Å². The second-order valence-corrected chi connectivity index (χ2v) is 4.66. The Morgan fingerprint density at radius 1 is 1.41 bits per heavy atom. The van der Waals surface area contributed by atoms with Crippen LogP contribution < -0.4 is 0 Å². The lowest BCUT2D eigenvalue weighted by Crippen LogP contribution is -2.09. The molecule has 0 bridgehead atoms. The minimum atomic E-state index is -0.761. The summed E-state index contributed by atoms with van der Waals surface area (Å²) in [6.45, 7) is 2.05. The van der Waals surface area contributed by atoms with E-state index in [0.717, 1.165) is 28.6 Å². The van der Waals surface area contributed by atoms with Gasteiger partial charge < -0.3 is 5.11 Å². The molecule has 3 heteroatoms. The van der Waals surface area contributed by atoms with Gasteiger partial charge in [-0.25, -0.2) is 0 Å². The molecule has 1 heterocycles. The summed E-state index contributed by atoms with van der Waals surface area (Å²) in [6.07, 6.45) is 1.50. The fraction of sp³-hybridized carbons (Fsp3) is 0.286. The van der Waals surface area contributed by atoms with Crippen molar-refractivity contribution in [1.29, 1.82) is 0 Å². The molecule has 17 heavy (non-hydrogen) atoms. The zero-order chi connectivity index (χ0) is 12.0. The van der Waals surface area contributed by atoms with Gasteiger partial charge in [0.1, 0.15) is 0 Å². The van der Waals surface area contributed by atoms with Crippen molar-refractivity contribution in [2.24, 2.45) is 0 Å². The number of carboxylic acids is 1. The maximum Gasteiger partial charge on any atom is 0.312 e. The van der Waals surface area contributed by atoms with E-state index >= 15 is 0 Å². The lowest BCUT2D eigenvalue weighted by Gasteiger charge is -2.07. The average Bonchev–Trinajstić information content (AvgIpc) is 2.68. The Balaban J connectivity index is 2.22. The fourth-order valence-corrected chi connectivity index (χ4v) is 2.53. The van der Waals surface area contributed by atoms with Gasteiger partial charge in [0.15, 0.2) is 0 Å². The summed E-state index contributed by atoms with van der Waals surface area (Å²) in [7, 11) is 0. The maximum atomic E-state index is 11.1. The Hall–Kier alpha value is -1.90. The summed E-state index contributed by atoms with van der Waals surface area (Å²) in [5, 5.41) is 10.2. The van der Waals surface area contributed by atoms with Crippen molar-refractivity contribution >= 4 is 16.9 Å². The van der Waals surface area contributed by atoms with E-state index in [1.165, 1.54) is 5.56 Å². The van der Waals surface area contributed by atoms with Crippen LogP contribution in [-0.4, -0.2) is 16.1 Å². The Morgan fingerprint density at radius 3 is 3.00 bits per heavy atom. The monoisotopic (exact) mass is 227 g/mol. The number of aliphatic carboxylic acids is 1. The largest absolute Gasteiger partial charge is 0.481 e. The molecule has 1 atom stereocenters. The molecule has 2 aromatic rings. The molecule has 3 nitrogen and oxygen atoms in total. The van der Waals surface area contributed by atoms with Crippen LogP contribution in [0.25, 0.3) is 10.9 Å². The van der Waals surface area contributed by atoms with Crippen molar-refractivity contribution in [3.05, 3.63) is 41.1 Å². The van der Waals surface area contributed by atoms with Crippen LogP contribution in [0.2, 0.25) is 0 Å².